The largest absolute Gasteiger partial charge is 0.481 e. The van der Waals surface area contributed by atoms with E-state index < -0.39 is 12.0 Å². The number of nitrogens with two attached hydrogens (primary N) is 1. The summed E-state index contributed by atoms with van der Waals surface area (Å²) < 4.78 is 0. The fraction of sp³-hybridized carbons (Fsp3) is 0.750. The Morgan fingerprint density at radius 3 is 1.92 bits per heavy atom. The SMILES string of the molecule is CCCC(=O)O.CCCNC(N)=O. The van der Waals surface area contributed by atoms with Crippen molar-refractivity contribution >= 4 is 12.0 Å². The van der Waals surface area contributed by atoms with Gasteiger partial charge in [0.25, 0.3) is 0 Å². The van der Waals surface area contributed by atoms with Gasteiger partial charge in [-0.25, -0.2) is 4.79 Å². The third kappa shape index (κ3) is 24.9. The molecule has 0 unspecified atom stereocenters. The standard InChI is InChI=1S/C4H10N2O.C4H8O2/c1-2-3-6-4(5)7;1-2-3-4(5)6/h2-3H2,1H3,(H3,5,6,7);2-3H2,1H3,(H,5,6). The van der Waals surface area contributed by atoms with Crippen molar-refractivity contribution in [3.05, 3.63) is 0 Å². The highest BCUT2D eigenvalue weighted by atomic mass is 16.4. The number of carbonyl (C=O) groups is 2. The molecule has 0 fully saturated rings. The van der Waals surface area contributed by atoms with E-state index in [2.05, 4.69) is 5.32 Å². The van der Waals surface area contributed by atoms with Crippen molar-refractivity contribution in [3.8, 4) is 0 Å². The number of carbonyl (C=O) groups excluding carboxylic acids is 1. The fourth-order valence-corrected chi connectivity index (χ4v) is 0.462. The molecule has 0 spiro atoms. The molecule has 0 rings (SSSR count). The first-order valence-electron chi connectivity index (χ1n) is 4.29. The number of rotatable bonds is 4. The van der Waals surface area contributed by atoms with Gasteiger partial charge in [0.05, 0.1) is 0 Å². The second-order valence-corrected chi connectivity index (χ2v) is 2.43. The van der Waals surface area contributed by atoms with Crippen LogP contribution in [0.15, 0.2) is 0 Å². The molecule has 0 bridgehead atoms. The summed E-state index contributed by atoms with van der Waals surface area (Å²) in [5, 5.41) is 10.3. The summed E-state index contributed by atoms with van der Waals surface area (Å²) in [5.74, 6) is -0.711. The second kappa shape index (κ2) is 10.7. The van der Waals surface area contributed by atoms with Crippen molar-refractivity contribution in [2.75, 3.05) is 6.54 Å². The van der Waals surface area contributed by atoms with E-state index in [-0.39, 0.29) is 0 Å². The topological polar surface area (TPSA) is 92.4 Å². The molecule has 0 aliphatic rings. The highest BCUT2D eigenvalue weighted by Crippen LogP contribution is 1.82. The van der Waals surface area contributed by atoms with Gasteiger partial charge < -0.3 is 16.2 Å². The van der Waals surface area contributed by atoms with Crippen LogP contribution in [0.1, 0.15) is 33.1 Å². The van der Waals surface area contributed by atoms with Crippen molar-refractivity contribution in [1.29, 1.82) is 0 Å². The summed E-state index contributed by atoms with van der Waals surface area (Å²) in [6, 6.07) is -0.443. The van der Waals surface area contributed by atoms with E-state index in [1.54, 1.807) is 0 Å². The Bertz CT molecular complexity index is 148. The predicted molar refractivity (Wildman–Crippen MR) is 50.4 cm³/mol. The quantitative estimate of drug-likeness (QED) is 0.615. The van der Waals surface area contributed by atoms with Gasteiger partial charge in [-0.1, -0.05) is 13.8 Å². The minimum Gasteiger partial charge on any atom is -0.481 e. The highest BCUT2D eigenvalue weighted by molar-refractivity contribution is 5.71. The van der Waals surface area contributed by atoms with Crippen molar-refractivity contribution in [3.63, 3.8) is 0 Å². The molecule has 0 saturated heterocycles. The van der Waals surface area contributed by atoms with Crippen LogP contribution in [0.5, 0.6) is 0 Å². The van der Waals surface area contributed by atoms with E-state index in [0.717, 1.165) is 12.8 Å². The zero-order valence-corrected chi connectivity index (χ0v) is 8.17. The summed E-state index contributed by atoms with van der Waals surface area (Å²) in [6.45, 7) is 4.49. The summed E-state index contributed by atoms with van der Waals surface area (Å²) >= 11 is 0. The lowest BCUT2D eigenvalue weighted by atomic mass is 10.4. The van der Waals surface area contributed by atoms with Gasteiger partial charge in [0, 0.05) is 13.0 Å². The molecular weight excluding hydrogens is 172 g/mol. The first-order valence-corrected chi connectivity index (χ1v) is 4.29. The number of primary amides is 1. The minimum absolute atomic E-state index is 0.292. The van der Waals surface area contributed by atoms with Crippen LogP contribution in [-0.2, 0) is 4.79 Å². The number of aliphatic carboxylic acids is 1. The van der Waals surface area contributed by atoms with E-state index in [0.29, 0.717) is 13.0 Å². The number of carboxylic acid groups (broad SMARTS) is 1. The fourth-order valence-electron chi connectivity index (χ4n) is 0.462. The Morgan fingerprint density at radius 1 is 1.31 bits per heavy atom. The van der Waals surface area contributed by atoms with E-state index in [1.807, 2.05) is 13.8 Å². The van der Waals surface area contributed by atoms with Crippen LogP contribution in [0.3, 0.4) is 0 Å². The molecule has 0 atom stereocenters. The third-order valence-electron chi connectivity index (χ3n) is 1.01. The van der Waals surface area contributed by atoms with Crippen LogP contribution < -0.4 is 11.1 Å². The maximum absolute atomic E-state index is 9.87. The van der Waals surface area contributed by atoms with Gasteiger partial charge in [0.1, 0.15) is 0 Å². The Balaban J connectivity index is 0. The molecule has 0 aliphatic carbocycles. The number of amides is 2. The molecule has 0 aromatic heterocycles. The lowest BCUT2D eigenvalue weighted by molar-refractivity contribution is -0.137. The lowest BCUT2D eigenvalue weighted by Gasteiger charge is -1.93. The van der Waals surface area contributed by atoms with E-state index in [1.165, 1.54) is 0 Å². The number of carboxylic acids is 1. The number of hydrogen-bond donors (Lipinski definition) is 3. The van der Waals surface area contributed by atoms with Crippen molar-refractivity contribution < 1.29 is 14.7 Å². The van der Waals surface area contributed by atoms with Gasteiger partial charge in [-0.2, -0.15) is 0 Å². The van der Waals surface area contributed by atoms with Crippen LogP contribution in [0.25, 0.3) is 0 Å². The molecule has 5 nitrogen and oxygen atoms in total. The summed E-state index contributed by atoms with van der Waals surface area (Å²) in [5.41, 5.74) is 4.73. The van der Waals surface area contributed by atoms with Crippen molar-refractivity contribution in [2.24, 2.45) is 5.73 Å². The molecule has 0 heterocycles. The summed E-state index contributed by atoms with van der Waals surface area (Å²) in [6.07, 6.45) is 1.96. The normalized spacial score (nSPS) is 8.15. The second-order valence-electron chi connectivity index (χ2n) is 2.43. The summed E-state index contributed by atoms with van der Waals surface area (Å²) in [4.78, 5) is 19.5. The Labute approximate surface area is 78.3 Å². The predicted octanol–water partition coefficient (Wildman–Crippen LogP) is 0.936. The number of nitrogens with one attached hydrogen (secondary N) is 1. The molecule has 2 amide bonds. The first kappa shape index (κ1) is 14.3. The van der Waals surface area contributed by atoms with Crippen LogP contribution >= 0.6 is 0 Å². The maximum Gasteiger partial charge on any atom is 0.312 e. The van der Waals surface area contributed by atoms with Crippen LogP contribution in [0, 0.1) is 0 Å². The smallest absolute Gasteiger partial charge is 0.312 e. The zero-order chi connectivity index (χ0) is 10.7. The number of hydrogen-bond acceptors (Lipinski definition) is 2. The van der Waals surface area contributed by atoms with Crippen LogP contribution in [0.2, 0.25) is 0 Å². The van der Waals surface area contributed by atoms with Gasteiger partial charge in [-0.15, -0.1) is 0 Å². The van der Waals surface area contributed by atoms with Gasteiger partial charge >= 0.3 is 12.0 Å². The van der Waals surface area contributed by atoms with Gasteiger partial charge in [0.15, 0.2) is 0 Å². The third-order valence-corrected chi connectivity index (χ3v) is 1.01. The number of urea groups is 1. The highest BCUT2D eigenvalue weighted by Gasteiger charge is 1.87. The molecule has 0 saturated carbocycles. The van der Waals surface area contributed by atoms with Crippen LogP contribution in [-0.4, -0.2) is 23.7 Å². The molecule has 5 heteroatoms. The Morgan fingerprint density at radius 2 is 1.85 bits per heavy atom. The molecule has 0 aromatic carbocycles. The average Bonchev–Trinajstić information content (AvgIpc) is 2.01. The molecule has 0 radical (unpaired) electrons. The summed E-state index contributed by atoms with van der Waals surface area (Å²) in [7, 11) is 0. The molecule has 13 heavy (non-hydrogen) atoms. The van der Waals surface area contributed by atoms with E-state index in [4.69, 9.17) is 10.8 Å². The monoisotopic (exact) mass is 190 g/mol. The molecule has 0 aliphatic heterocycles. The minimum atomic E-state index is -0.711. The molecular formula is C8H18N2O3. The van der Waals surface area contributed by atoms with Crippen molar-refractivity contribution in [1.82, 2.24) is 5.32 Å². The molecule has 78 valence electrons. The Hall–Kier alpha value is -1.26. The average molecular weight is 190 g/mol. The molecule has 4 N–H and O–H groups in total. The van der Waals surface area contributed by atoms with Crippen LogP contribution in [0.4, 0.5) is 4.79 Å². The van der Waals surface area contributed by atoms with E-state index in [9.17, 15) is 9.59 Å². The molecule has 0 aromatic rings. The van der Waals surface area contributed by atoms with Gasteiger partial charge in [-0.3, -0.25) is 4.79 Å². The van der Waals surface area contributed by atoms with Gasteiger partial charge in [0.2, 0.25) is 0 Å². The maximum atomic E-state index is 9.87. The Kier molecular flexibility index (Phi) is 11.8. The first-order chi connectivity index (χ1) is 6.04. The van der Waals surface area contributed by atoms with Crippen molar-refractivity contribution in [2.45, 2.75) is 33.1 Å². The van der Waals surface area contributed by atoms with Gasteiger partial charge in [-0.05, 0) is 12.8 Å². The van der Waals surface area contributed by atoms with E-state index >= 15 is 0 Å². The lowest BCUT2D eigenvalue weighted by Crippen LogP contribution is -2.29. The zero-order valence-electron chi connectivity index (χ0n) is 8.17.